The molecule has 3 heterocycles. The van der Waals surface area contributed by atoms with Crippen LogP contribution in [0.4, 0.5) is 5.95 Å². The maximum atomic E-state index is 12.4. The molecule has 3 aromatic heterocycles. The third-order valence-corrected chi connectivity index (χ3v) is 4.46. The Hall–Kier alpha value is -2.58. The molecule has 130 valence electrons. The van der Waals surface area contributed by atoms with Gasteiger partial charge in [-0.15, -0.1) is 11.3 Å². The standard InChI is InChI=1S/C17H19N5O2S/c1-10(23)9-19-16(24)14-15-13(6-8-25-15)21-17(22-14)20-11(2)12-5-3-4-7-18-12/h3-8,10-11,23H,9H2,1-2H3,(H,19,24)(H,20,21,22)/t10-,11-/m0/s1. The maximum absolute atomic E-state index is 12.4. The van der Waals surface area contributed by atoms with E-state index in [1.807, 2.05) is 36.6 Å². The molecule has 3 rings (SSSR count). The highest BCUT2D eigenvalue weighted by Gasteiger charge is 2.17. The highest BCUT2D eigenvalue weighted by molar-refractivity contribution is 7.17. The van der Waals surface area contributed by atoms with Crippen LogP contribution in [-0.4, -0.2) is 38.6 Å². The Balaban J connectivity index is 1.88. The SMILES string of the molecule is C[C@H](O)CNC(=O)c1nc(N[C@@H](C)c2ccccn2)nc2ccsc12. The van der Waals surface area contributed by atoms with Crippen LogP contribution in [0, 0.1) is 0 Å². The quantitative estimate of drug-likeness (QED) is 0.626. The highest BCUT2D eigenvalue weighted by atomic mass is 32.1. The molecule has 0 aliphatic carbocycles. The number of anilines is 1. The molecule has 0 bridgehead atoms. The van der Waals surface area contributed by atoms with Crippen LogP contribution in [0.15, 0.2) is 35.8 Å². The minimum absolute atomic E-state index is 0.106. The molecule has 25 heavy (non-hydrogen) atoms. The lowest BCUT2D eigenvalue weighted by Gasteiger charge is -2.14. The molecular formula is C17H19N5O2S. The number of rotatable bonds is 6. The van der Waals surface area contributed by atoms with Crippen LogP contribution in [0.5, 0.6) is 0 Å². The molecule has 0 aliphatic heterocycles. The Morgan fingerprint density at radius 2 is 2.12 bits per heavy atom. The minimum atomic E-state index is -0.619. The summed E-state index contributed by atoms with van der Waals surface area (Å²) < 4.78 is 0.721. The number of hydrogen-bond donors (Lipinski definition) is 3. The summed E-state index contributed by atoms with van der Waals surface area (Å²) in [6, 6.07) is 7.43. The van der Waals surface area contributed by atoms with Crippen LogP contribution >= 0.6 is 11.3 Å². The van der Waals surface area contributed by atoms with Crippen LogP contribution in [0.2, 0.25) is 0 Å². The Labute approximate surface area is 149 Å². The second kappa shape index (κ2) is 7.54. The van der Waals surface area contributed by atoms with Gasteiger partial charge in [0, 0.05) is 12.7 Å². The minimum Gasteiger partial charge on any atom is -0.392 e. The predicted molar refractivity (Wildman–Crippen MR) is 97.7 cm³/mol. The van der Waals surface area contributed by atoms with Gasteiger partial charge in [0.2, 0.25) is 5.95 Å². The summed E-state index contributed by atoms with van der Waals surface area (Å²) >= 11 is 1.41. The lowest BCUT2D eigenvalue weighted by Crippen LogP contribution is -2.31. The first kappa shape index (κ1) is 17.2. The first-order valence-electron chi connectivity index (χ1n) is 7.93. The number of aliphatic hydroxyl groups is 1. The lowest BCUT2D eigenvalue weighted by molar-refractivity contribution is 0.0921. The number of nitrogens with one attached hydrogen (secondary N) is 2. The third kappa shape index (κ3) is 4.09. The molecule has 2 atom stereocenters. The second-order valence-corrected chi connectivity index (χ2v) is 6.63. The number of amides is 1. The predicted octanol–water partition coefficient (Wildman–Crippen LogP) is 2.37. The van der Waals surface area contributed by atoms with Gasteiger partial charge in [-0.3, -0.25) is 9.78 Å². The van der Waals surface area contributed by atoms with Gasteiger partial charge in [-0.25, -0.2) is 9.97 Å². The summed E-state index contributed by atoms with van der Waals surface area (Å²) in [5, 5.41) is 17.1. The van der Waals surface area contributed by atoms with Crippen molar-refractivity contribution in [2.45, 2.75) is 26.0 Å². The number of aromatic nitrogens is 3. The van der Waals surface area contributed by atoms with Crippen molar-refractivity contribution in [2.75, 3.05) is 11.9 Å². The van der Waals surface area contributed by atoms with E-state index < -0.39 is 6.10 Å². The topological polar surface area (TPSA) is 100 Å². The third-order valence-electron chi connectivity index (χ3n) is 3.55. The van der Waals surface area contributed by atoms with Crippen LogP contribution < -0.4 is 10.6 Å². The summed E-state index contributed by atoms with van der Waals surface area (Å²) in [7, 11) is 0. The monoisotopic (exact) mass is 357 g/mol. The second-order valence-electron chi connectivity index (χ2n) is 5.71. The van der Waals surface area contributed by atoms with E-state index in [1.54, 1.807) is 13.1 Å². The lowest BCUT2D eigenvalue weighted by atomic mass is 10.2. The fourth-order valence-corrected chi connectivity index (χ4v) is 3.12. The van der Waals surface area contributed by atoms with E-state index in [1.165, 1.54) is 11.3 Å². The largest absolute Gasteiger partial charge is 0.392 e. The molecule has 0 saturated heterocycles. The molecule has 3 N–H and O–H groups in total. The molecule has 0 aromatic carbocycles. The van der Waals surface area contributed by atoms with Gasteiger partial charge in [0.1, 0.15) is 0 Å². The van der Waals surface area contributed by atoms with Gasteiger partial charge in [-0.1, -0.05) is 6.07 Å². The molecule has 1 amide bonds. The van der Waals surface area contributed by atoms with Crippen molar-refractivity contribution in [3.05, 3.63) is 47.2 Å². The number of carbonyl (C=O) groups excluding carboxylic acids is 1. The number of nitrogens with zero attached hydrogens (tertiary/aromatic N) is 3. The van der Waals surface area contributed by atoms with E-state index in [2.05, 4.69) is 25.6 Å². The van der Waals surface area contributed by atoms with Crippen molar-refractivity contribution in [1.82, 2.24) is 20.3 Å². The van der Waals surface area contributed by atoms with Crippen LogP contribution in [-0.2, 0) is 0 Å². The Bertz CT molecular complexity index is 866. The first-order valence-corrected chi connectivity index (χ1v) is 8.81. The summed E-state index contributed by atoms with van der Waals surface area (Å²) in [4.78, 5) is 25.6. The van der Waals surface area contributed by atoms with E-state index in [0.29, 0.717) is 17.2 Å². The zero-order valence-corrected chi connectivity index (χ0v) is 14.7. The van der Waals surface area contributed by atoms with Gasteiger partial charge in [-0.05, 0) is 37.4 Å². The Morgan fingerprint density at radius 1 is 1.28 bits per heavy atom. The molecule has 7 nitrogen and oxygen atoms in total. The maximum Gasteiger partial charge on any atom is 0.271 e. The van der Waals surface area contributed by atoms with E-state index in [9.17, 15) is 9.90 Å². The molecule has 0 spiro atoms. The van der Waals surface area contributed by atoms with Crippen molar-refractivity contribution >= 4 is 33.4 Å². The van der Waals surface area contributed by atoms with Crippen LogP contribution in [0.3, 0.4) is 0 Å². The van der Waals surface area contributed by atoms with Crippen LogP contribution in [0.1, 0.15) is 36.1 Å². The van der Waals surface area contributed by atoms with Gasteiger partial charge in [0.05, 0.1) is 28.1 Å². The summed E-state index contributed by atoms with van der Waals surface area (Å²) in [5.74, 6) is 0.0375. The average Bonchev–Trinajstić information content (AvgIpc) is 3.08. The molecule has 8 heteroatoms. The van der Waals surface area contributed by atoms with Gasteiger partial charge in [0.15, 0.2) is 5.69 Å². The zero-order valence-electron chi connectivity index (χ0n) is 13.9. The molecule has 0 radical (unpaired) electrons. The number of aliphatic hydroxyl groups excluding tert-OH is 1. The molecule has 0 unspecified atom stereocenters. The number of hydrogen-bond acceptors (Lipinski definition) is 7. The number of carbonyl (C=O) groups is 1. The number of fused-ring (bicyclic) bond motifs is 1. The average molecular weight is 357 g/mol. The first-order chi connectivity index (χ1) is 12.0. The summed E-state index contributed by atoms with van der Waals surface area (Å²) in [6.07, 6.45) is 1.11. The normalized spacial score (nSPS) is 13.4. The fraction of sp³-hybridized carbons (Fsp3) is 0.294. The molecule has 0 aliphatic rings. The van der Waals surface area contributed by atoms with Crippen molar-refractivity contribution in [1.29, 1.82) is 0 Å². The number of pyridine rings is 1. The number of thiophene rings is 1. The molecule has 3 aromatic rings. The molecular weight excluding hydrogens is 338 g/mol. The summed E-state index contributed by atoms with van der Waals surface area (Å²) in [6.45, 7) is 3.74. The summed E-state index contributed by atoms with van der Waals surface area (Å²) in [5.41, 5.74) is 1.87. The van der Waals surface area contributed by atoms with Crippen molar-refractivity contribution < 1.29 is 9.90 Å². The highest BCUT2D eigenvalue weighted by Crippen LogP contribution is 2.25. The van der Waals surface area contributed by atoms with Gasteiger partial charge in [-0.2, -0.15) is 0 Å². The van der Waals surface area contributed by atoms with Crippen molar-refractivity contribution in [3.63, 3.8) is 0 Å². The van der Waals surface area contributed by atoms with Crippen molar-refractivity contribution in [2.24, 2.45) is 0 Å². The van der Waals surface area contributed by atoms with E-state index >= 15 is 0 Å². The Kier molecular flexibility index (Phi) is 5.20. The van der Waals surface area contributed by atoms with E-state index in [-0.39, 0.29) is 18.5 Å². The molecule has 0 saturated carbocycles. The zero-order chi connectivity index (χ0) is 17.8. The Morgan fingerprint density at radius 3 is 2.84 bits per heavy atom. The van der Waals surface area contributed by atoms with Gasteiger partial charge < -0.3 is 15.7 Å². The van der Waals surface area contributed by atoms with Gasteiger partial charge in [0.25, 0.3) is 5.91 Å². The smallest absolute Gasteiger partial charge is 0.271 e. The van der Waals surface area contributed by atoms with Gasteiger partial charge >= 0.3 is 0 Å². The van der Waals surface area contributed by atoms with Crippen molar-refractivity contribution in [3.8, 4) is 0 Å². The van der Waals surface area contributed by atoms with E-state index in [4.69, 9.17) is 0 Å². The van der Waals surface area contributed by atoms with E-state index in [0.717, 1.165) is 10.4 Å². The van der Waals surface area contributed by atoms with Crippen LogP contribution in [0.25, 0.3) is 10.2 Å². The molecule has 0 fully saturated rings. The fourth-order valence-electron chi connectivity index (χ4n) is 2.31.